The van der Waals surface area contributed by atoms with Crippen LogP contribution in [-0.4, -0.2) is 50.3 Å². The topological polar surface area (TPSA) is 49.8 Å². The number of halogens is 1. The predicted octanol–water partition coefficient (Wildman–Crippen LogP) is 4.76. The summed E-state index contributed by atoms with van der Waals surface area (Å²) in [6.07, 6.45) is 0.805. The Balaban J connectivity index is 2.47. The van der Waals surface area contributed by atoms with E-state index in [0.29, 0.717) is 13.1 Å². The van der Waals surface area contributed by atoms with Crippen LogP contribution in [0.15, 0.2) is 24.3 Å². The van der Waals surface area contributed by atoms with Crippen LogP contribution in [0, 0.1) is 23.1 Å². The largest absolute Gasteiger partial charge is 0.480 e. The summed E-state index contributed by atoms with van der Waals surface area (Å²) in [4.78, 5) is 14.2. The van der Waals surface area contributed by atoms with Crippen LogP contribution in [0.25, 0.3) is 0 Å². The second kappa shape index (κ2) is 9.71. The van der Waals surface area contributed by atoms with E-state index in [0.717, 1.165) is 12.0 Å². The fourth-order valence-corrected chi connectivity index (χ4v) is 5.90. The third kappa shape index (κ3) is 5.89. The minimum Gasteiger partial charge on any atom is -0.480 e. The standard InChI is InChI=1S/C23H38FNO3Si/c1-8-15(2)20(22(26)27)25-13-18(16-10-9-11-17(24)12-16)19(14-25)21(23(3,4)5)28-29(6)7/h9-12,15,18-21,29H,8,13-14H2,1-7H3,(H,26,27)/t15?,18?,19?,20?,21-/m1/s1. The molecular weight excluding hydrogens is 385 g/mol. The predicted molar refractivity (Wildman–Crippen MR) is 118 cm³/mol. The number of carboxylic acids is 1. The number of carbonyl (C=O) groups is 1. The van der Waals surface area contributed by atoms with Crippen LogP contribution >= 0.6 is 0 Å². The van der Waals surface area contributed by atoms with Gasteiger partial charge in [0.1, 0.15) is 11.9 Å². The Kier molecular flexibility index (Phi) is 8.05. The van der Waals surface area contributed by atoms with E-state index in [2.05, 4.69) is 38.8 Å². The molecular formula is C23H38FNO3Si. The lowest BCUT2D eigenvalue weighted by Gasteiger charge is -2.39. The minimum atomic E-state index is -1.31. The number of rotatable bonds is 8. The molecule has 0 bridgehead atoms. The van der Waals surface area contributed by atoms with Gasteiger partial charge in [0, 0.05) is 24.9 Å². The fraction of sp³-hybridized carbons (Fsp3) is 0.696. The molecule has 0 saturated carbocycles. The van der Waals surface area contributed by atoms with Gasteiger partial charge in [-0.1, -0.05) is 53.2 Å². The molecule has 164 valence electrons. The van der Waals surface area contributed by atoms with Crippen molar-refractivity contribution < 1.29 is 18.7 Å². The Labute approximate surface area is 177 Å². The third-order valence-electron chi connectivity index (χ3n) is 6.16. The van der Waals surface area contributed by atoms with Crippen LogP contribution in [0.1, 0.15) is 52.5 Å². The molecule has 1 N–H and O–H groups in total. The molecule has 6 heteroatoms. The first-order valence-electron chi connectivity index (χ1n) is 10.8. The summed E-state index contributed by atoms with van der Waals surface area (Å²) >= 11 is 0. The van der Waals surface area contributed by atoms with Gasteiger partial charge in [-0.15, -0.1) is 0 Å². The van der Waals surface area contributed by atoms with Crippen molar-refractivity contribution in [3.8, 4) is 0 Å². The van der Waals surface area contributed by atoms with Gasteiger partial charge >= 0.3 is 5.97 Å². The summed E-state index contributed by atoms with van der Waals surface area (Å²) in [5, 5.41) is 9.94. The molecule has 2 rings (SSSR count). The summed E-state index contributed by atoms with van der Waals surface area (Å²) in [6.45, 7) is 16.2. The molecule has 1 aromatic carbocycles. The summed E-state index contributed by atoms with van der Waals surface area (Å²) in [5.41, 5.74) is 0.854. The molecule has 0 radical (unpaired) electrons. The Morgan fingerprint density at radius 1 is 1.34 bits per heavy atom. The van der Waals surface area contributed by atoms with Gasteiger partial charge in [0.2, 0.25) is 0 Å². The maximum atomic E-state index is 14.0. The zero-order valence-corrected chi connectivity index (χ0v) is 20.1. The fourth-order valence-electron chi connectivity index (χ4n) is 4.71. The van der Waals surface area contributed by atoms with E-state index in [1.54, 1.807) is 12.1 Å². The molecule has 1 aliphatic rings. The molecule has 1 aliphatic heterocycles. The van der Waals surface area contributed by atoms with Crippen LogP contribution in [0.3, 0.4) is 0 Å². The van der Waals surface area contributed by atoms with Crippen molar-refractivity contribution in [1.82, 2.24) is 4.90 Å². The lowest BCUT2D eigenvalue weighted by Crippen LogP contribution is -2.46. The molecule has 4 nitrogen and oxygen atoms in total. The molecule has 5 atom stereocenters. The van der Waals surface area contributed by atoms with Crippen molar-refractivity contribution in [2.75, 3.05) is 13.1 Å². The zero-order valence-electron chi connectivity index (χ0n) is 19.0. The molecule has 0 aliphatic carbocycles. The maximum Gasteiger partial charge on any atom is 0.321 e. The first kappa shape index (κ1) is 24.0. The van der Waals surface area contributed by atoms with E-state index < -0.39 is 21.1 Å². The molecule has 0 spiro atoms. The van der Waals surface area contributed by atoms with Gasteiger partial charge in [-0.3, -0.25) is 9.69 Å². The third-order valence-corrected chi connectivity index (χ3v) is 7.00. The van der Waals surface area contributed by atoms with Crippen molar-refractivity contribution >= 4 is 15.0 Å². The first-order valence-corrected chi connectivity index (χ1v) is 13.6. The quantitative estimate of drug-likeness (QED) is 0.613. The van der Waals surface area contributed by atoms with Gasteiger partial charge in [0.05, 0.1) is 6.10 Å². The van der Waals surface area contributed by atoms with E-state index in [4.69, 9.17) is 4.43 Å². The molecule has 1 fully saturated rings. The van der Waals surface area contributed by atoms with Crippen molar-refractivity contribution in [3.63, 3.8) is 0 Å². The zero-order chi connectivity index (χ0) is 21.9. The van der Waals surface area contributed by atoms with Crippen molar-refractivity contribution in [3.05, 3.63) is 35.6 Å². The summed E-state index contributed by atoms with van der Waals surface area (Å²) in [5.74, 6) is -0.800. The maximum absolute atomic E-state index is 14.0. The lowest BCUT2D eigenvalue weighted by molar-refractivity contribution is -0.145. The number of hydrogen-bond acceptors (Lipinski definition) is 3. The highest BCUT2D eigenvalue weighted by molar-refractivity contribution is 6.48. The number of hydrogen-bond donors (Lipinski definition) is 1. The molecule has 1 aromatic rings. The van der Waals surface area contributed by atoms with E-state index in [-0.39, 0.29) is 35.1 Å². The molecule has 0 aromatic heterocycles. The van der Waals surface area contributed by atoms with Gasteiger partial charge in [0.15, 0.2) is 9.04 Å². The van der Waals surface area contributed by atoms with Crippen LogP contribution in [-0.2, 0) is 9.22 Å². The van der Waals surface area contributed by atoms with Gasteiger partial charge in [0.25, 0.3) is 0 Å². The van der Waals surface area contributed by atoms with E-state index >= 15 is 0 Å². The van der Waals surface area contributed by atoms with Crippen LogP contribution < -0.4 is 0 Å². The molecule has 0 amide bonds. The highest BCUT2D eigenvalue weighted by Gasteiger charge is 2.47. The van der Waals surface area contributed by atoms with Gasteiger partial charge < -0.3 is 9.53 Å². The molecule has 1 saturated heterocycles. The van der Waals surface area contributed by atoms with Gasteiger partial charge in [-0.05, 0) is 42.1 Å². The minimum absolute atomic E-state index is 0.00110. The van der Waals surface area contributed by atoms with Gasteiger partial charge in [-0.25, -0.2) is 4.39 Å². The number of aliphatic carboxylic acids is 1. The van der Waals surface area contributed by atoms with Gasteiger partial charge in [-0.2, -0.15) is 0 Å². The SMILES string of the molecule is CCC(C)C(C(=O)O)N1CC(c2cccc(F)c2)C([C@@H](O[SiH](C)C)C(C)(C)C)C1. The molecule has 4 unspecified atom stereocenters. The summed E-state index contributed by atoms with van der Waals surface area (Å²) in [7, 11) is -1.31. The molecule has 1 heterocycles. The highest BCUT2D eigenvalue weighted by atomic mass is 28.3. The van der Waals surface area contributed by atoms with Crippen molar-refractivity contribution in [2.45, 2.75) is 72.2 Å². The van der Waals surface area contributed by atoms with E-state index in [1.807, 2.05) is 19.9 Å². The second-order valence-corrected chi connectivity index (χ2v) is 12.3. The number of carboxylic acid groups (broad SMARTS) is 1. The van der Waals surface area contributed by atoms with Crippen LogP contribution in [0.4, 0.5) is 4.39 Å². The first-order chi connectivity index (χ1) is 13.5. The van der Waals surface area contributed by atoms with Crippen molar-refractivity contribution in [2.24, 2.45) is 17.3 Å². The average Bonchev–Trinajstić information content (AvgIpc) is 3.02. The van der Waals surface area contributed by atoms with Crippen LogP contribution in [0.2, 0.25) is 13.1 Å². The number of likely N-dealkylation sites (tertiary alicyclic amines) is 1. The Morgan fingerprint density at radius 3 is 2.48 bits per heavy atom. The smallest absolute Gasteiger partial charge is 0.321 e. The summed E-state index contributed by atoms with van der Waals surface area (Å²) in [6, 6.07) is 6.25. The van der Waals surface area contributed by atoms with Crippen LogP contribution in [0.5, 0.6) is 0 Å². The van der Waals surface area contributed by atoms with E-state index in [9.17, 15) is 14.3 Å². The normalized spacial score (nSPS) is 23.9. The summed E-state index contributed by atoms with van der Waals surface area (Å²) < 4.78 is 20.6. The molecule has 29 heavy (non-hydrogen) atoms. The Morgan fingerprint density at radius 2 is 2.00 bits per heavy atom. The Hall–Kier alpha value is -1.24. The number of nitrogens with zero attached hydrogens (tertiary/aromatic N) is 1. The second-order valence-electron chi connectivity index (χ2n) is 9.92. The average molecular weight is 424 g/mol. The Bertz CT molecular complexity index is 691. The highest BCUT2D eigenvalue weighted by Crippen LogP contribution is 2.43. The van der Waals surface area contributed by atoms with E-state index in [1.165, 1.54) is 6.07 Å². The number of benzene rings is 1. The van der Waals surface area contributed by atoms with Crippen molar-refractivity contribution in [1.29, 1.82) is 0 Å². The monoisotopic (exact) mass is 423 g/mol. The lowest BCUT2D eigenvalue weighted by atomic mass is 9.75.